The first-order valence-corrected chi connectivity index (χ1v) is 11.6. The van der Waals surface area contributed by atoms with Crippen LogP contribution >= 0.6 is 0 Å². The van der Waals surface area contributed by atoms with E-state index in [0.717, 1.165) is 36.2 Å². The van der Waals surface area contributed by atoms with E-state index >= 15 is 0 Å². The van der Waals surface area contributed by atoms with E-state index in [-0.39, 0.29) is 36.4 Å². The summed E-state index contributed by atoms with van der Waals surface area (Å²) in [4.78, 5) is 29.0. The minimum atomic E-state index is -0.280. The molecule has 2 saturated heterocycles. The molecular formula is C26H30N2O5. The molecule has 3 unspecified atom stereocenters. The first kappa shape index (κ1) is 21.9. The van der Waals surface area contributed by atoms with Crippen molar-refractivity contribution in [3.63, 3.8) is 0 Å². The van der Waals surface area contributed by atoms with E-state index in [9.17, 15) is 9.59 Å². The molecule has 0 radical (unpaired) electrons. The smallest absolute Gasteiger partial charge is 0.410 e. The van der Waals surface area contributed by atoms with E-state index in [1.54, 1.807) is 4.90 Å². The van der Waals surface area contributed by atoms with Crippen LogP contribution in [0.4, 0.5) is 4.79 Å². The summed E-state index contributed by atoms with van der Waals surface area (Å²) in [5, 5.41) is 0. The van der Waals surface area contributed by atoms with Crippen molar-refractivity contribution in [3.05, 3.63) is 70.8 Å². The van der Waals surface area contributed by atoms with Crippen LogP contribution in [0.1, 0.15) is 47.0 Å². The maximum atomic E-state index is 12.7. The summed E-state index contributed by atoms with van der Waals surface area (Å²) in [6.45, 7) is 7.58. The van der Waals surface area contributed by atoms with Crippen molar-refractivity contribution in [1.29, 1.82) is 0 Å². The largest absolute Gasteiger partial charge is 0.459 e. The molecule has 3 heterocycles. The summed E-state index contributed by atoms with van der Waals surface area (Å²) < 4.78 is 17.2. The van der Waals surface area contributed by atoms with Crippen LogP contribution in [0.5, 0.6) is 0 Å². The van der Waals surface area contributed by atoms with Crippen molar-refractivity contribution in [2.75, 3.05) is 32.8 Å². The minimum absolute atomic E-state index is 0.0618. The highest BCUT2D eigenvalue weighted by Crippen LogP contribution is 2.34. The predicted octanol–water partition coefficient (Wildman–Crippen LogP) is 3.57. The molecule has 0 aromatic heterocycles. The number of amides is 1. The summed E-state index contributed by atoms with van der Waals surface area (Å²) in [7, 11) is 0. The molecule has 2 fully saturated rings. The number of benzene rings is 2. The molecule has 2 aromatic rings. The fourth-order valence-corrected chi connectivity index (χ4v) is 5.03. The second-order valence-corrected chi connectivity index (χ2v) is 9.54. The fourth-order valence-electron chi connectivity index (χ4n) is 5.03. The van der Waals surface area contributed by atoms with E-state index in [1.807, 2.05) is 49.4 Å². The SMILES string of the molecule is CC1Cc2cc(C3CN4CCN(C(=O)OCc5ccccc5)CC4(C)CO3)ccc2C(=O)O1. The van der Waals surface area contributed by atoms with Gasteiger partial charge in [0.25, 0.3) is 0 Å². The quantitative estimate of drug-likeness (QED) is 0.666. The second-order valence-electron chi connectivity index (χ2n) is 9.54. The van der Waals surface area contributed by atoms with Crippen molar-refractivity contribution < 1.29 is 23.8 Å². The lowest BCUT2D eigenvalue weighted by Gasteiger charge is -2.52. The molecule has 5 rings (SSSR count). The Hall–Kier alpha value is -2.90. The molecule has 0 bridgehead atoms. The van der Waals surface area contributed by atoms with Gasteiger partial charge in [-0.25, -0.2) is 9.59 Å². The number of esters is 1. The van der Waals surface area contributed by atoms with Crippen LogP contribution in [0.3, 0.4) is 0 Å². The van der Waals surface area contributed by atoms with Gasteiger partial charge in [-0.1, -0.05) is 42.5 Å². The van der Waals surface area contributed by atoms with Gasteiger partial charge >= 0.3 is 12.1 Å². The number of ether oxygens (including phenoxy) is 3. The van der Waals surface area contributed by atoms with E-state index in [4.69, 9.17) is 14.2 Å². The number of hydrogen-bond acceptors (Lipinski definition) is 6. The summed E-state index contributed by atoms with van der Waals surface area (Å²) in [5.74, 6) is -0.247. The molecule has 0 saturated carbocycles. The molecule has 174 valence electrons. The Morgan fingerprint density at radius 2 is 2.00 bits per heavy atom. The third-order valence-corrected chi connectivity index (χ3v) is 6.92. The van der Waals surface area contributed by atoms with Crippen LogP contribution in [0.25, 0.3) is 0 Å². The molecule has 3 aliphatic heterocycles. The zero-order valence-electron chi connectivity index (χ0n) is 19.2. The van der Waals surface area contributed by atoms with E-state index < -0.39 is 0 Å². The highest BCUT2D eigenvalue weighted by molar-refractivity contribution is 5.92. The van der Waals surface area contributed by atoms with Gasteiger partial charge in [0.1, 0.15) is 12.7 Å². The van der Waals surface area contributed by atoms with Gasteiger partial charge in [0.2, 0.25) is 0 Å². The lowest BCUT2D eigenvalue weighted by Crippen LogP contribution is -2.66. The van der Waals surface area contributed by atoms with Gasteiger partial charge in [0.05, 0.1) is 23.8 Å². The number of morpholine rings is 1. The summed E-state index contributed by atoms with van der Waals surface area (Å²) >= 11 is 0. The Kier molecular flexibility index (Phi) is 5.85. The second kappa shape index (κ2) is 8.80. The van der Waals surface area contributed by atoms with Crippen LogP contribution in [0.2, 0.25) is 0 Å². The average Bonchev–Trinajstić information content (AvgIpc) is 2.81. The Bertz CT molecular complexity index is 1040. The lowest BCUT2D eigenvalue weighted by atomic mass is 9.91. The number of hydrogen-bond donors (Lipinski definition) is 0. The van der Waals surface area contributed by atoms with Crippen molar-refractivity contribution in [1.82, 2.24) is 9.80 Å². The summed E-state index contributed by atoms with van der Waals surface area (Å²) in [6.07, 6.45) is 0.277. The predicted molar refractivity (Wildman–Crippen MR) is 122 cm³/mol. The van der Waals surface area contributed by atoms with Crippen LogP contribution in [-0.4, -0.2) is 66.3 Å². The number of piperazine rings is 1. The van der Waals surface area contributed by atoms with Crippen molar-refractivity contribution in [3.8, 4) is 0 Å². The first-order valence-electron chi connectivity index (χ1n) is 11.6. The standard InChI is InChI=1S/C26H30N2O5/c1-18-12-21-13-20(8-9-22(21)24(29)33-18)23-14-28-11-10-27(16-26(28,2)17-32-23)25(30)31-15-19-6-4-3-5-7-19/h3-9,13,18,23H,10-12,14-17H2,1-2H3. The van der Waals surface area contributed by atoms with Gasteiger partial charge in [-0.2, -0.15) is 0 Å². The maximum Gasteiger partial charge on any atom is 0.410 e. The number of fused-ring (bicyclic) bond motifs is 2. The molecule has 3 aliphatic rings. The van der Waals surface area contributed by atoms with Crippen molar-refractivity contribution >= 4 is 12.1 Å². The van der Waals surface area contributed by atoms with Crippen LogP contribution < -0.4 is 0 Å². The Morgan fingerprint density at radius 3 is 2.82 bits per heavy atom. The number of rotatable bonds is 3. The summed E-state index contributed by atoms with van der Waals surface area (Å²) in [5.41, 5.74) is 3.49. The molecule has 33 heavy (non-hydrogen) atoms. The van der Waals surface area contributed by atoms with Gasteiger partial charge in [-0.05, 0) is 36.6 Å². The Morgan fingerprint density at radius 1 is 1.18 bits per heavy atom. The minimum Gasteiger partial charge on any atom is -0.459 e. The van der Waals surface area contributed by atoms with Gasteiger partial charge < -0.3 is 19.1 Å². The van der Waals surface area contributed by atoms with Crippen LogP contribution in [-0.2, 0) is 27.2 Å². The van der Waals surface area contributed by atoms with Crippen molar-refractivity contribution in [2.24, 2.45) is 0 Å². The Balaban J connectivity index is 1.22. The number of cyclic esters (lactones) is 1. The van der Waals surface area contributed by atoms with E-state index in [2.05, 4.69) is 17.9 Å². The van der Waals surface area contributed by atoms with Gasteiger partial charge in [0.15, 0.2) is 0 Å². The van der Waals surface area contributed by atoms with E-state index in [0.29, 0.717) is 25.3 Å². The number of carbonyl (C=O) groups is 2. The monoisotopic (exact) mass is 450 g/mol. The van der Waals surface area contributed by atoms with Gasteiger partial charge in [-0.3, -0.25) is 4.90 Å². The van der Waals surface area contributed by atoms with E-state index in [1.165, 1.54) is 0 Å². The third kappa shape index (κ3) is 4.48. The summed E-state index contributed by atoms with van der Waals surface area (Å²) in [6, 6.07) is 15.6. The average molecular weight is 451 g/mol. The molecular weight excluding hydrogens is 420 g/mol. The molecule has 7 heteroatoms. The highest BCUT2D eigenvalue weighted by Gasteiger charge is 2.44. The van der Waals surface area contributed by atoms with Gasteiger partial charge in [-0.15, -0.1) is 0 Å². The molecule has 1 amide bonds. The first-order chi connectivity index (χ1) is 15.9. The highest BCUT2D eigenvalue weighted by atomic mass is 16.6. The number of carbonyl (C=O) groups excluding carboxylic acids is 2. The zero-order valence-corrected chi connectivity index (χ0v) is 19.2. The van der Waals surface area contributed by atoms with Gasteiger partial charge in [0, 0.05) is 32.6 Å². The molecule has 3 atom stereocenters. The topological polar surface area (TPSA) is 68.3 Å². The zero-order chi connectivity index (χ0) is 23.0. The lowest BCUT2D eigenvalue weighted by molar-refractivity contribution is -0.132. The molecule has 0 spiro atoms. The normalized spacial score (nSPS) is 27.3. The molecule has 7 nitrogen and oxygen atoms in total. The maximum absolute atomic E-state index is 12.7. The molecule has 0 aliphatic carbocycles. The molecule has 2 aromatic carbocycles. The van der Waals surface area contributed by atoms with Crippen LogP contribution in [0.15, 0.2) is 48.5 Å². The fraction of sp³-hybridized carbons (Fsp3) is 0.462. The third-order valence-electron chi connectivity index (χ3n) is 6.92. The Labute approximate surface area is 194 Å². The van der Waals surface area contributed by atoms with Crippen LogP contribution in [0, 0.1) is 0 Å². The van der Waals surface area contributed by atoms with Crippen molar-refractivity contribution in [2.45, 2.75) is 44.6 Å². The molecule has 0 N–H and O–H groups in total. The number of nitrogens with zero attached hydrogens (tertiary/aromatic N) is 2.